The number of benzene rings is 5. The maximum Gasteiger partial charge on any atom is 0.227 e. The molecule has 5 amide bonds. The third-order valence-electron chi connectivity index (χ3n) is 29.6. The van der Waals surface area contributed by atoms with Crippen molar-refractivity contribution in [2.45, 2.75) is 193 Å². The van der Waals surface area contributed by atoms with E-state index in [-0.39, 0.29) is 118 Å². The van der Waals surface area contributed by atoms with Crippen molar-refractivity contribution in [3.63, 3.8) is 0 Å². The van der Waals surface area contributed by atoms with Crippen molar-refractivity contribution in [2.75, 3.05) is 83.8 Å². The van der Waals surface area contributed by atoms with Crippen LogP contribution in [0, 0.1) is 58.7 Å². The van der Waals surface area contributed by atoms with E-state index in [1.165, 1.54) is 30.3 Å². The summed E-state index contributed by atoms with van der Waals surface area (Å²) in [6, 6.07) is 35.4. The monoisotopic (exact) mass is 1900 g/mol. The maximum absolute atomic E-state index is 14.1. The molecule has 10 atom stereocenters. The van der Waals surface area contributed by atoms with Gasteiger partial charge in [-0.15, -0.1) is 0 Å². The van der Waals surface area contributed by atoms with Gasteiger partial charge < -0.3 is 51.1 Å². The van der Waals surface area contributed by atoms with Crippen molar-refractivity contribution >= 4 is 115 Å². The van der Waals surface area contributed by atoms with E-state index in [2.05, 4.69) is 76.6 Å². The first-order valence-electron chi connectivity index (χ1n) is 49.0. The van der Waals surface area contributed by atoms with E-state index in [4.69, 9.17) is 24.9 Å². The van der Waals surface area contributed by atoms with Gasteiger partial charge in [-0.2, -0.15) is 25.5 Å². The van der Waals surface area contributed by atoms with E-state index in [9.17, 15) is 45.9 Å². The molecule has 5 fully saturated rings. The Morgan fingerprint density at radius 3 is 0.607 bits per heavy atom. The zero-order valence-corrected chi connectivity index (χ0v) is 78.6. The molecule has 25 rings (SSSR count). The Morgan fingerprint density at radius 1 is 0.250 bits per heavy atom. The van der Waals surface area contributed by atoms with Crippen LogP contribution in [0.15, 0.2) is 183 Å². The zero-order chi connectivity index (χ0) is 96.3. The second-order valence-electron chi connectivity index (χ2n) is 38.7. The summed E-state index contributed by atoms with van der Waals surface area (Å²) < 4.78 is 79.0. The molecule has 10 bridgehead atoms. The van der Waals surface area contributed by atoms with E-state index in [1.807, 2.05) is 126 Å². The smallest absolute Gasteiger partial charge is 0.227 e. The Morgan fingerprint density at radius 2 is 0.429 bits per heavy atom. The van der Waals surface area contributed by atoms with E-state index in [1.54, 1.807) is 83.9 Å². The van der Waals surface area contributed by atoms with Crippen LogP contribution in [-0.2, 0) is 56.1 Å². The van der Waals surface area contributed by atoms with Crippen LogP contribution < -0.4 is 51.1 Å². The van der Waals surface area contributed by atoms with E-state index in [0.29, 0.717) is 88.8 Å². The summed E-state index contributed by atoms with van der Waals surface area (Å²) in [6.45, 7) is 14.0. The number of carbonyl (C=O) groups is 5. The number of carbonyl (C=O) groups excluding carboxylic acids is 5. The summed E-state index contributed by atoms with van der Waals surface area (Å²) in [5, 5.41) is 36.4. The van der Waals surface area contributed by atoms with Crippen LogP contribution in [0.25, 0.3) is 28.2 Å². The average Bonchev–Trinajstić information content (AvgIpc) is 1.63. The molecular formula is C105H110F5N25O5. The van der Waals surface area contributed by atoms with E-state index >= 15 is 0 Å². The molecule has 0 radical (unpaired) electrons. The van der Waals surface area contributed by atoms with Crippen molar-refractivity contribution in [2.24, 2.45) is 29.6 Å². The molecule has 5 N–H and O–H groups in total. The SMILES string of the molecule is CC1CCc2ccc(F)cc2C2CCCN2c2ccn3ncc(c3n2)NC1=O.C[C@@H]1CCc2ccc(F)cc2[C@@H]2CCCN2c2ccn3ncc(c3n2)NC1=O.C[C@@H]1CCc2ccc(F)cc2[C@H]2CCCN2c2ccn3ncc(c3n2)NC1=O.C[C@H]1CCc2ccc(F)cc2[C@@H]2CCCN2c2ccn3ncc(c3n2)NC1=O.C[C@H]1CCc2ccc(F)cc2[C@H]2CCCN2c2ccn3ncc(c3n2)NC1=O. The number of hydrogen-bond acceptors (Lipinski definition) is 20. The van der Waals surface area contributed by atoms with Crippen LogP contribution in [0.3, 0.4) is 0 Å². The molecule has 0 saturated carbocycles. The van der Waals surface area contributed by atoms with E-state index < -0.39 is 0 Å². The second kappa shape index (κ2) is 38.9. The molecule has 2 unspecified atom stereocenters. The summed E-state index contributed by atoms with van der Waals surface area (Å²) in [5.41, 5.74) is 16.9. The summed E-state index contributed by atoms with van der Waals surface area (Å²) >= 11 is 0. The first-order valence-corrected chi connectivity index (χ1v) is 49.0. The van der Waals surface area contributed by atoms with Gasteiger partial charge in [-0.1, -0.05) is 65.0 Å². The quantitative estimate of drug-likeness (QED) is 0.0881. The van der Waals surface area contributed by atoms with Crippen molar-refractivity contribution < 1.29 is 45.9 Å². The number of nitrogens with zero attached hydrogens (tertiary/aromatic N) is 20. The standard InChI is InChI=1S/5C21H22FN5O/c5*1-13-4-5-14-6-7-15(22)11-16(14)18-3-2-9-26(18)19-8-10-27-20(25-19)17(12-23-27)24-21(13)28/h5*6-8,10-13,18H,2-5,9H2,1H3,(H,24,28)/t2*13-,18+;2*13-,18-;/m1010./s1. The molecule has 0 spiro atoms. The highest BCUT2D eigenvalue weighted by Crippen LogP contribution is 2.46. The molecule has 0 aliphatic carbocycles. The Kier molecular flexibility index (Phi) is 25.4. The fourth-order valence-electron chi connectivity index (χ4n) is 21.7. The van der Waals surface area contributed by atoms with Gasteiger partial charge in [0.15, 0.2) is 28.2 Å². The molecule has 15 aromatic rings. The number of aromatic nitrogens is 15. The van der Waals surface area contributed by atoms with Crippen LogP contribution >= 0.6 is 0 Å². The van der Waals surface area contributed by atoms with Crippen LogP contribution in [0.4, 0.5) is 79.5 Å². The lowest BCUT2D eigenvalue weighted by molar-refractivity contribution is -0.120. The van der Waals surface area contributed by atoms with Crippen LogP contribution in [-0.4, -0.2) is 135 Å². The Labute approximate surface area is 804 Å². The number of anilines is 10. The molecular weight excluding hydrogens is 1790 g/mol. The summed E-state index contributed by atoms with van der Waals surface area (Å²) in [7, 11) is 0. The van der Waals surface area contributed by atoms with Gasteiger partial charge in [0.05, 0.1) is 61.2 Å². The molecule has 10 aromatic heterocycles. The molecule has 35 heteroatoms. The topological polar surface area (TPSA) is 313 Å². The van der Waals surface area contributed by atoms with Gasteiger partial charge in [0, 0.05) is 93.3 Å². The third kappa shape index (κ3) is 18.5. The third-order valence-corrected chi connectivity index (χ3v) is 29.6. The van der Waals surface area contributed by atoms with Gasteiger partial charge in [0.2, 0.25) is 29.5 Å². The van der Waals surface area contributed by atoms with Crippen molar-refractivity contribution in [3.05, 3.63) is 268 Å². The van der Waals surface area contributed by atoms with Crippen LogP contribution in [0.1, 0.15) is 217 Å². The average molecular weight is 1900 g/mol. The lowest BCUT2D eigenvalue weighted by atomic mass is 9.92. The highest BCUT2D eigenvalue weighted by Gasteiger charge is 2.39. The highest BCUT2D eigenvalue weighted by molar-refractivity contribution is 5.99. The first-order chi connectivity index (χ1) is 68.0. The molecule has 5 aromatic carbocycles. The number of halogens is 5. The minimum absolute atomic E-state index is 0.0505. The number of fused-ring (bicyclic) bond motifs is 25. The summed E-state index contributed by atoms with van der Waals surface area (Å²) in [6.07, 6.45) is 34.7. The van der Waals surface area contributed by atoms with Crippen LogP contribution in [0.2, 0.25) is 0 Å². The van der Waals surface area contributed by atoms with Crippen molar-refractivity contribution in [1.29, 1.82) is 0 Å². The fourth-order valence-corrected chi connectivity index (χ4v) is 21.7. The zero-order valence-electron chi connectivity index (χ0n) is 78.6. The summed E-state index contributed by atoms with van der Waals surface area (Å²) in [4.78, 5) is 98.5. The Bertz CT molecular complexity index is 6290. The van der Waals surface area contributed by atoms with Crippen molar-refractivity contribution in [3.8, 4) is 0 Å². The van der Waals surface area contributed by atoms with Gasteiger partial charge in [0.1, 0.15) is 86.6 Å². The summed E-state index contributed by atoms with van der Waals surface area (Å²) in [5.74, 6) is 1.93. The minimum Gasteiger partial charge on any atom is -0.349 e. The van der Waals surface area contributed by atoms with Crippen molar-refractivity contribution in [1.82, 2.24) is 73.0 Å². The Hall–Kier alpha value is -14.8. The molecule has 20 heterocycles. The van der Waals surface area contributed by atoms with Gasteiger partial charge in [-0.25, -0.2) is 69.4 Å². The van der Waals surface area contributed by atoms with Gasteiger partial charge in [-0.3, -0.25) is 24.0 Å². The molecule has 5 saturated heterocycles. The number of rotatable bonds is 0. The molecule has 720 valence electrons. The molecule has 10 aliphatic heterocycles. The fraction of sp³-hybridized carbons (Fsp3) is 0.381. The predicted octanol–water partition coefficient (Wildman–Crippen LogP) is 18.7. The number of hydrogen-bond donors (Lipinski definition) is 5. The second-order valence-corrected chi connectivity index (χ2v) is 38.7. The largest absolute Gasteiger partial charge is 0.349 e. The lowest BCUT2D eigenvalue weighted by Crippen LogP contribution is -2.25. The number of amides is 5. The van der Waals surface area contributed by atoms with Crippen LogP contribution in [0.5, 0.6) is 0 Å². The number of aryl methyl sites for hydroxylation is 5. The normalized spacial score (nSPS) is 22.2. The highest BCUT2D eigenvalue weighted by atomic mass is 19.1. The lowest BCUT2D eigenvalue weighted by Gasteiger charge is -2.28. The predicted molar refractivity (Wildman–Crippen MR) is 524 cm³/mol. The van der Waals surface area contributed by atoms with Gasteiger partial charge >= 0.3 is 0 Å². The Balaban J connectivity index is 0.000000104. The van der Waals surface area contributed by atoms with Gasteiger partial charge in [0.25, 0.3) is 0 Å². The molecule has 30 nitrogen and oxygen atoms in total. The maximum atomic E-state index is 14.1. The minimum atomic E-state index is -0.220. The molecule has 140 heavy (non-hydrogen) atoms. The van der Waals surface area contributed by atoms with E-state index in [0.717, 1.165) is 214 Å². The number of nitrogens with one attached hydrogen (secondary N) is 5. The molecule has 10 aliphatic rings. The van der Waals surface area contributed by atoms with Gasteiger partial charge in [-0.05, 0) is 275 Å². The first kappa shape index (κ1) is 91.6.